The monoisotopic (exact) mass is 480 g/mol. The van der Waals surface area contributed by atoms with Crippen molar-refractivity contribution in [1.82, 2.24) is 4.90 Å². The highest BCUT2D eigenvalue weighted by atomic mass is 127. The zero-order valence-corrected chi connectivity index (χ0v) is 17.6. The summed E-state index contributed by atoms with van der Waals surface area (Å²) >= 11 is 2.20. The molecular weight excluding hydrogens is 455 g/mol. The third-order valence-corrected chi connectivity index (χ3v) is 6.66. The Morgan fingerprint density at radius 3 is 2.19 bits per heavy atom. The first kappa shape index (κ1) is 18.9. The lowest BCUT2D eigenvalue weighted by molar-refractivity contribution is -0.142. The van der Waals surface area contributed by atoms with Gasteiger partial charge < -0.3 is 4.90 Å². The minimum atomic E-state index is -0.632. The van der Waals surface area contributed by atoms with E-state index in [0.717, 1.165) is 42.1 Å². The van der Waals surface area contributed by atoms with E-state index in [4.69, 9.17) is 0 Å². The van der Waals surface area contributed by atoms with E-state index >= 15 is 0 Å². The van der Waals surface area contributed by atoms with Crippen LogP contribution in [0.15, 0.2) is 24.3 Å². The zero-order valence-electron chi connectivity index (χ0n) is 15.4. The van der Waals surface area contributed by atoms with E-state index in [0.29, 0.717) is 5.69 Å². The van der Waals surface area contributed by atoms with Crippen molar-refractivity contribution in [3.63, 3.8) is 0 Å². The Balaban J connectivity index is 1.61. The number of anilines is 1. The maximum Gasteiger partial charge on any atom is 0.257 e. The van der Waals surface area contributed by atoms with Crippen LogP contribution in [-0.4, -0.2) is 34.7 Å². The highest BCUT2D eigenvalue weighted by molar-refractivity contribution is 14.1. The van der Waals surface area contributed by atoms with E-state index in [1.54, 1.807) is 12.1 Å². The molecule has 0 spiro atoms. The first-order valence-electron chi connectivity index (χ1n) is 10.0. The van der Waals surface area contributed by atoms with E-state index in [-0.39, 0.29) is 36.1 Å². The fourth-order valence-corrected chi connectivity index (χ4v) is 4.72. The molecule has 0 bridgehead atoms. The highest BCUT2D eigenvalue weighted by Crippen LogP contribution is 2.37. The molecule has 1 aliphatic heterocycles. The van der Waals surface area contributed by atoms with Crippen LogP contribution in [0, 0.1) is 9.49 Å². The number of hydrogen-bond acceptors (Lipinski definition) is 3. The Kier molecular flexibility index (Phi) is 5.53. The maximum absolute atomic E-state index is 13.2. The third kappa shape index (κ3) is 3.91. The van der Waals surface area contributed by atoms with Gasteiger partial charge in [-0.2, -0.15) is 0 Å². The molecule has 1 atom stereocenters. The van der Waals surface area contributed by atoms with Gasteiger partial charge in [0.2, 0.25) is 11.8 Å². The van der Waals surface area contributed by atoms with Crippen molar-refractivity contribution in [1.29, 1.82) is 0 Å². The van der Waals surface area contributed by atoms with Crippen LogP contribution in [-0.2, 0) is 14.4 Å². The van der Waals surface area contributed by atoms with Crippen molar-refractivity contribution < 1.29 is 14.4 Å². The molecule has 1 heterocycles. The molecule has 144 valence electrons. The van der Waals surface area contributed by atoms with E-state index in [9.17, 15) is 14.4 Å². The Labute approximate surface area is 173 Å². The van der Waals surface area contributed by atoms with Gasteiger partial charge in [0, 0.05) is 15.5 Å². The standard InChI is InChI=1S/C21H25IN2O3/c22-15-9-11-17(12-10-15)24-19(25)13-18(21(24)27)23(20(26)14-7-8-14)16-5-3-1-2-4-6-16/h9-12,14,16,18H,1-8,13H2. The summed E-state index contributed by atoms with van der Waals surface area (Å²) in [6.07, 6.45) is 8.39. The van der Waals surface area contributed by atoms with Gasteiger partial charge in [-0.15, -0.1) is 0 Å². The predicted octanol–water partition coefficient (Wildman–Crippen LogP) is 3.88. The molecule has 4 rings (SSSR count). The molecule has 5 nitrogen and oxygen atoms in total. The fourth-order valence-electron chi connectivity index (χ4n) is 4.36. The van der Waals surface area contributed by atoms with Gasteiger partial charge in [-0.1, -0.05) is 25.7 Å². The van der Waals surface area contributed by atoms with E-state index in [1.807, 2.05) is 17.0 Å². The quantitative estimate of drug-likeness (QED) is 0.374. The molecule has 6 heteroatoms. The zero-order chi connectivity index (χ0) is 19.0. The van der Waals surface area contributed by atoms with Crippen LogP contribution in [0.25, 0.3) is 0 Å². The van der Waals surface area contributed by atoms with Gasteiger partial charge in [-0.25, -0.2) is 4.90 Å². The van der Waals surface area contributed by atoms with Crippen molar-refractivity contribution in [3.05, 3.63) is 27.8 Å². The lowest BCUT2D eigenvalue weighted by atomic mass is 10.0. The Morgan fingerprint density at radius 2 is 1.59 bits per heavy atom. The van der Waals surface area contributed by atoms with Gasteiger partial charge >= 0.3 is 0 Å². The smallest absolute Gasteiger partial charge is 0.257 e. The molecule has 3 aliphatic rings. The predicted molar refractivity (Wildman–Crippen MR) is 111 cm³/mol. The molecule has 2 saturated carbocycles. The van der Waals surface area contributed by atoms with Crippen LogP contribution in [0.4, 0.5) is 5.69 Å². The van der Waals surface area contributed by atoms with Crippen molar-refractivity contribution in [2.24, 2.45) is 5.92 Å². The van der Waals surface area contributed by atoms with Gasteiger partial charge in [0.1, 0.15) is 6.04 Å². The lowest BCUT2D eigenvalue weighted by Crippen LogP contribution is -2.51. The van der Waals surface area contributed by atoms with Crippen LogP contribution < -0.4 is 4.90 Å². The summed E-state index contributed by atoms with van der Waals surface area (Å²) in [5.41, 5.74) is 0.604. The van der Waals surface area contributed by atoms with Crippen LogP contribution in [0.3, 0.4) is 0 Å². The molecule has 2 aliphatic carbocycles. The van der Waals surface area contributed by atoms with Crippen LogP contribution in [0.5, 0.6) is 0 Å². The number of carbonyl (C=O) groups excluding carboxylic acids is 3. The summed E-state index contributed by atoms with van der Waals surface area (Å²) in [4.78, 5) is 42.1. The fraction of sp³-hybridized carbons (Fsp3) is 0.571. The number of nitrogens with zero attached hydrogens (tertiary/aromatic N) is 2. The average Bonchev–Trinajstić information content (AvgIpc) is 3.47. The largest absolute Gasteiger partial charge is 0.327 e. The second kappa shape index (κ2) is 7.89. The van der Waals surface area contributed by atoms with E-state index in [2.05, 4.69) is 22.6 Å². The second-order valence-electron chi connectivity index (χ2n) is 7.93. The van der Waals surface area contributed by atoms with Gasteiger partial charge in [0.15, 0.2) is 0 Å². The molecule has 3 fully saturated rings. The topological polar surface area (TPSA) is 57.7 Å². The number of benzene rings is 1. The molecule has 0 aromatic heterocycles. The number of carbonyl (C=O) groups is 3. The number of rotatable bonds is 4. The SMILES string of the molecule is O=C1CC(N(C(=O)C2CC2)C2CCCCCC2)C(=O)N1c1ccc(I)cc1. The van der Waals surface area contributed by atoms with Crippen LogP contribution >= 0.6 is 22.6 Å². The van der Waals surface area contributed by atoms with Crippen molar-refractivity contribution >= 4 is 46.0 Å². The summed E-state index contributed by atoms with van der Waals surface area (Å²) in [5.74, 6) is -0.283. The molecule has 1 aromatic carbocycles. The Hall–Kier alpha value is -1.44. The number of hydrogen-bond donors (Lipinski definition) is 0. The number of imide groups is 1. The van der Waals surface area contributed by atoms with Crippen molar-refractivity contribution in [2.45, 2.75) is 69.9 Å². The van der Waals surface area contributed by atoms with Crippen LogP contribution in [0.2, 0.25) is 0 Å². The van der Waals surface area contributed by atoms with Crippen molar-refractivity contribution in [2.75, 3.05) is 4.90 Å². The second-order valence-corrected chi connectivity index (χ2v) is 9.17. The van der Waals surface area contributed by atoms with E-state index in [1.165, 1.54) is 17.7 Å². The van der Waals surface area contributed by atoms with Crippen molar-refractivity contribution in [3.8, 4) is 0 Å². The summed E-state index contributed by atoms with van der Waals surface area (Å²) in [7, 11) is 0. The molecule has 27 heavy (non-hydrogen) atoms. The van der Waals surface area contributed by atoms with Gasteiger partial charge in [-0.3, -0.25) is 14.4 Å². The van der Waals surface area contributed by atoms with Gasteiger partial charge in [0.05, 0.1) is 12.1 Å². The van der Waals surface area contributed by atoms with Crippen LogP contribution in [0.1, 0.15) is 57.8 Å². The first-order chi connectivity index (χ1) is 13.1. The first-order valence-corrected chi connectivity index (χ1v) is 11.1. The number of halogens is 1. The number of amides is 3. The molecule has 0 N–H and O–H groups in total. The lowest BCUT2D eigenvalue weighted by Gasteiger charge is -2.35. The van der Waals surface area contributed by atoms with E-state index < -0.39 is 6.04 Å². The third-order valence-electron chi connectivity index (χ3n) is 5.94. The molecule has 0 radical (unpaired) electrons. The minimum absolute atomic E-state index is 0.0588. The molecule has 1 saturated heterocycles. The summed E-state index contributed by atoms with van der Waals surface area (Å²) in [6, 6.07) is 6.86. The average molecular weight is 480 g/mol. The summed E-state index contributed by atoms with van der Waals surface area (Å²) < 4.78 is 1.05. The molecule has 1 aromatic rings. The Morgan fingerprint density at radius 1 is 0.963 bits per heavy atom. The molecular formula is C21H25IN2O3. The molecule has 3 amide bonds. The summed E-state index contributed by atoms with van der Waals surface area (Å²) in [5, 5.41) is 0. The minimum Gasteiger partial charge on any atom is -0.327 e. The maximum atomic E-state index is 13.2. The Bertz CT molecular complexity index is 736. The van der Waals surface area contributed by atoms with Gasteiger partial charge in [-0.05, 0) is 72.5 Å². The van der Waals surface area contributed by atoms with Gasteiger partial charge in [0.25, 0.3) is 5.91 Å². The normalized spacial score (nSPS) is 24.2. The highest BCUT2D eigenvalue weighted by Gasteiger charge is 2.48. The molecule has 1 unspecified atom stereocenters. The summed E-state index contributed by atoms with van der Waals surface area (Å²) in [6.45, 7) is 0.